The highest BCUT2D eigenvalue weighted by atomic mass is 19.4. The van der Waals surface area contributed by atoms with Gasteiger partial charge in [-0.25, -0.2) is 4.79 Å². The van der Waals surface area contributed by atoms with E-state index in [-0.39, 0.29) is 24.5 Å². The molecular weight excluding hydrogens is 481 g/mol. The summed E-state index contributed by atoms with van der Waals surface area (Å²) in [4.78, 5) is 12.5. The molecule has 0 aliphatic carbocycles. The topological polar surface area (TPSA) is 87.3 Å². The molecule has 0 unspecified atom stereocenters. The molecule has 0 saturated heterocycles. The van der Waals surface area contributed by atoms with Crippen LogP contribution in [0.2, 0.25) is 0 Å². The molecule has 200 valence electrons. The van der Waals surface area contributed by atoms with Crippen LogP contribution in [-0.4, -0.2) is 79.0 Å². The Morgan fingerprint density at radius 3 is 1.97 bits per heavy atom. The highest BCUT2D eigenvalue weighted by molar-refractivity contribution is 5.96. The third-order valence-corrected chi connectivity index (χ3v) is 4.69. The Morgan fingerprint density at radius 2 is 1.36 bits per heavy atom. The summed E-state index contributed by atoms with van der Waals surface area (Å²) >= 11 is 0. The molecule has 0 saturated carbocycles. The lowest BCUT2D eigenvalue weighted by Gasteiger charge is -2.13. The average Bonchev–Trinajstić information content (AvgIpc) is 2.86. The number of rotatable bonds is 18. The minimum Gasteiger partial charge on any atom is -0.460 e. The van der Waals surface area contributed by atoms with Gasteiger partial charge < -0.3 is 34.3 Å². The number of hydrogen-bond donors (Lipinski definition) is 2. The number of carbonyl (C=O) groups is 1. The Bertz CT molecular complexity index is 898. The number of anilines is 2. The van der Waals surface area contributed by atoms with Crippen molar-refractivity contribution in [3.63, 3.8) is 0 Å². The number of carbonyl (C=O) groups excluding carboxylic acids is 1. The zero-order valence-electron chi connectivity index (χ0n) is 20.3. The average molecular weight is 515 g/mol. The second-order valence-corrected chi connectivity index (χ2v) is 7.44. The van der Waals surface area contributed by atoms with Crippen LogP contribution in [0.5, 0.6) is 0 Å². The van der Waals surface area contributed by atoms with Crippen molar-refractivity contribution in [3.8, 4) is 0 Å². The number of esters is 1. The Balaban J connectivity index is 1.61. The summed E-state index contributed by atoms with van der Waals surface area (Å²) in [7, 11) is 1.86. The van der Waals surface area contributed by atoms with Crippen molar-refractivity contribution in [1.29, 1.82) is 0 Å². The standard InChI is InChI=1S/C25H33F3N2O6/c1-29-9-10-32-11-12-33-13-14-34-15-16-35-17-18-36-24(31)22-7-2-3-8-23(22)30-21-6-4-5-20(19-21)25(26,27)28/h2-8,19,29-30H,9-18H2,1H3. The van der Waals surface area contributed by atoms with Gasteiger partial charge in [0.1, 0.15) is 6.61 Å². The third kappa shape index (κ3) is 11.8. The van der Waals surface area contributed by atoms with Crippen LogP contribution in [0.4, 0.5) is 24.5 Å². The van der Waals surface area contributed by atoms with Crippen molar-refractivity contribution >= 4 is 17.3 Å². The molecule has 36 heavy (non-hydrogen) atoms. The number of likely N-dealkylation sites (N-methyl/N-ethyl adjacent to an activating group) is 1. The van der Waals surface area contributed by atoms with E-state index in [0.717, 1.165) is 18.7 Å². The first kappa shape index (κ1) is 29.5. The van der Waals surface area contributed by atoms with Crippen molar-refractivity contribution in [2.24, 2.45) is 0 Å². The quantitative estimate of drug-likeness (QED) is 0.229. The molecule has 0 radical (unpaired) electrons. The first-order chi connectivity index (χ1) is 17.4. The largest absolute Gasteiger partial charge is 0.460 e. The van der Waals surface area contributed by atoms with E-state index >= 15 is 0 Å². The second kappa shape index (κ2) is 16.9. The Hall–Kier alpha value is -2.70. The van der Waals surface area contributed by atoms with Crippen LogP contribution >= 0.6 is 0 Å². The van der Waals surface area contributed by atoms with Gasteiger partial charge in [-0.15, -0.1) is 0 Å². The summed E-state index contributed by atoms with van der Waals surface area (Å²) in [6, 6.07) is 11.2. The summed E-state index contributed by atoms with van der Waals surface area (Å²) in [5.41, 5.74) is -0.0446. The normalized spacial score (nSPS) is 11.4. The minimum atomic E-state index is -4.46. The van der Waals surface area contributed by atoms with E-state index in [1.807, 2.05) is 7.05 Å². The molecule has 2 N–H and O–H groups in total. The fourth-order valence-electron chi connectivity index (χ4n) is 2.91. The first-order valence-electron chi connectivity index (χ1n) is 11.6. The number of ether oxygens (including phenoxy) is 5. The smallest absolute Gasteiger partial charge is 0.416 e. The first-order valence-corrected chi connectivity index (χ1v) is 11.6. The fraction of sp³-hybridized carbons (Fsp3) is 0.480. The molecule has 2 rings (SSSR count). The SMILES string of the molecule is CNCCOCCOCCOCCOCCOC(=O)c1ccccc1Nc1cccc(C(F)(F)F)c1. The Labute approximate surface area is 209 Å². The molecule has 0 atom stereocenters. The van der Waals surface area contributed by atoms with Crippen molar-refractivity contribution in [2.75, 3.05) is 78.4 Å². The number of para-hydroxylation sites is 1. The predicted octanol–water partition coefficient (Wildman–Crippen LogP) is 3.89. The van der Waals surface area contributed by atoms with E-state index in [9.17, 15) is 18.0 Å². The fourth-order valence-corrected chi connectivity index (χ4v) is 2.91. The van der Waals surface area contributed by atoms with Gasteiger partial charge in [-0.3, -0.25) is 0 Å². The molecule has 2 aromatic carbocycles. The number of nitrogens with one attached hydrogen (secondary N) is 2. The van der Waals surface area contributed by atoms with Gasteiger partial charge in [-0.1, -0.05) is 18.2 Å². The van der Waals surface area contributed by atoms with Crippen molar-refractivity contribution in [1.82, 2.24) is 5.32 Å². The van der Waals surface area contributed by atoms with Crippen LogP contribution in [-0.2, 0) is 29.9 Å². The minimum absolute atomic E-state index is 0.0212. The number of hydrogen-bond acceptors (Lipinski definition) is 8. The summed E-state index contributed by atoms with van der Waals surface area (Å²) < 4.78 is 65.6. The molecule has 0 bridgehead atoms. The summed E-state index contributed by atoms with van der Waals surface area (Å²) in [5, 5.41) is 5.84. The lowest BCUT2D eigenvalue weighted by atomic mass is 10.1. The molecule has 0 aliphatic rings. The summed E-state index contributed by atoms with van der Waals surface area (Å²) in [6.07, 6.45) is -4.46. The number of alkyl halides is 3. The molecule has 8 nitrogen and oxygen atoms in total. The summed E-state index contributed by atoms with van der Waals surface area (Å²) in [6.45, 7) is 4.29. The lowest BCUT2D eigenvalue weighted by Crippen LogP contribution is -2.17. The van der Waals surface area contributed by atoms with E-state index in [1.54, 1.807) is 18.2 Å². The Kier molecular flexibility index (Phi) is 13.8. The molecule has 0 spiro atoms. The maximum Gasteiger partial charge on any atom is 0.416 e. The van der Waals surface area contributed by atoms with Crippen LogP contribution in [0.1, 0.15) is 15.9 Å². The van der Waals surface area contributed by atoms with Crippen molar-refractivity contribution < 1.29 is 41.7 Å². The monoisotopic (exact) mass is 514 g/mol. The summed E-state index contributed by atoms with van der Waals surface area (Å²) in [5.74, 6) is -0.614. The maximum absolute atomic E-state index is 13.0. The van der Waals surface area contributed by atoms with Gasteiger partial charge in [-0.2, -0.15) is 13.2 Å². The molecular formula is C25H33F3N2O6. The van der Waals surface area contributed by atoms with Crippen molar-refractivity contribution in [2.45, 2.75) is 6.18 Å². The zero-order valence-corrected chi connectivity index (χ0v) is 20.3. The molecule has 0 fully saturated rings. The van der Waals surface area contributed by atoms with E-state index in [0.29, 0.717) is 51.9 Å². The predicted molar refractivity (Wildman–Crippen MR) is 129 cm³/mol. The van der Waals surface area contributed by atoms with E-state index in [4.69, 9.17) is 23.7 Å². The van der Waals surface area contributed by atoms with Crippen LogP contribution < -0.4 is 10.6 Å². The van der Waals surface area contributed by atoms with Gasteiger partial charge >= 0.3 is 12.1 Å². The lowest BCUT2D eigenvalue weighted by molar-refractivity contribution is -0.137. The van der Waals surface area contributed by atoms with E-state index in [2.05, 4.69) is 10.6 Å². The second-order valence-electron chi connectivity index (χ2n) is 7.44. The number of benzene rings is 2. The molecule has 0 amide bonds. The van der Waals surface area contributed by atoms with Gasteiger partial charge in [0.2, 0.25) is 0 Å². The van der Waals surface area contributed by atoms with Crippen LogP contribution in [0.15, 0.2) is 48.5 Å². The molecule has 11 heteroatoms. The third-order valence-electron chi connectivity index (χ3n) is 4.69. The number of halogens is 3. The van der Waals surface area contributed by atoms with Crippen molar-refractivity contribution in [3.05, 3.63) is 59.7 Å². The zero-order chi connectivity index (χ0) is 26.1. The Morgan fingerprint density at radius 1 is 0.778 bits per heavy atom. The van der Waals surface area contributed by atoms with E-state index < -0.39 is 17.7 Å². The van der Waals surface area contributed by atoms with Crippen LogP contribution in [0.25, 0.3) is 0 Å². The molecule has 2 aromatic rings. The molecule has 0 heterocycles. The highest BCUT2D eigenvalue weighted by Gasteiger charge is 2.30. The van der Waals surface area contributed by atoms with Gasteiger partial charge in [0, 0.05) is 12.2 Å². The van der Waals surface area contributed by atoms with E-state index in [1.165, 1.54) is 18.2 Å². The van der Waals surface area contributed by atoms with Gasteiger partial charge in [0.15, 0.2) is 0 Å². The van der Waals surface area contributed by atoms with Gasteiger partial charge in [-0.05, 0) is 37.4 Å². The molecule has 0 aliphatic heterocycles. The van der Waals surface area contributed by atoms with Crippen LogP contribution in [0.3, 0.4) is 0 Å². The van der Waals surface area contributed by atoms with Crippen LogP contribution in [0, 0.1) is 0 Å². The van der Waals surface area contributed by atoms with Gasteiger partial charge in [0.05, 0.1) is 69.7 Å². The highest BCUT2D eigenvalue weighted by Crippen LogP contribution is 2.32. The van der Waals surface area contributed by atoms with Gasteiger partial charge in [0.25, 0.3) is 0 Å². The molecule has 0 aromatic heterocycles. The maximum atomic E-state index is 13.0.